The van der Waals surface area contributed by atoms with E-state index < -0.39 is 0 Å². The Bertz CT molecular complexity index is 975. The van der Waals surface area contributed by atoms with Crippen molar-refractivity contribution < 1.29 is 9.59 Å². The van der Waals surface area contributed by atoms with Crippen LogP contribution in [0.2, 0.25) is 0 Å². The number of hydrogen-bond donors (Lipinski definition) is 2. The van der Waals surface area contributed by atoms with Crippen LogP contribution in [0.1, 0.15) is 42.4 Å². The minimum atomic E-state index is 0. The Hall–Kier alpha value is -2.62. The van der Waals surface area contributed by atoms with E-state index in [1.165, 1.54) is 0 Å². The Morgan fingerprint density at radius 2 is 1.36 bits per heavy atom. The first kappa shape index (κ1) is 25.0. The molecule has 0 unspecified atom stereocenters. The van der Waals surface area contributed by atoms with Gasteiger partial charge in [-0.05, 0) is 41.7 Å². The summed E-state index contributed by atoms with van der Waals surface area (Å²) >= 11 is 0. The van der Waals surface area contributed by atoms with Gasteiger partial charge in [0.2, 0.25) is 11.8 Å². The van der Waals surface area contributed by atoms with E-state index in [1.54, 1.807) is 7.05 Å². The summed E-state index contributed by atoms with van der Waals surface area (Å²) in [6, 6.07) is 16.5. The van der Waals surface area contributed by atoms with Gasteiger partial charge in [-0.1, -0.05) is 36.4 Å². The molecule has 0 aromatic heterocycles. The number of carbonyl (C=O) groups excluding carboxylic acids is 2. The molecule has 0 radical (unpaired) electrons. The second-order valence-electron chi connectivity index (χ2n) is 8.33. The first-order chi connectivity index (χ1) is 15.6. The summed E-state index contributed by atoms with van der Waals surface area (Å²) in [7, 11) is 1.76. The van der Waals surface area contributed by atoms with E-state index in [1.807, 2.05) is 34.1 Å². The largest absolute Gasteiger partial charge is 0.352 e. The van der Waals surface area contributed by atoms with E-state index >= 15 is 0 Å². The number of likely N-dealkylation sites (tertiary alicyclic amines) is 1. The zero-order valence-corrected chi connectivity index (χ0v) is 21.4. The third kappa shape index (κ3) is 6.69. The number of rotatable bonds is 7. The molecular weight excluding hydrogens is 529 g/mol. The number of halogens is 1. The number of amides is 2. The van der Waals surface area contributed by atoms with Crippen LogP contribution in [0.5, 0.6) is 0 Å². The van der Waals surface area contributed by atoms with Crippen molar-refractivity contribution >= 4 is 47.4 Å². The van der Waals surface area contributed by atoms with Crippen molar-refractivity contribution in [3.05, 3.63) is 65.2 Å². The molecule has 2 fully saturated rings. The van der Waals surface area contributed by atoms with Crippen molar-refractivity contribution in [2.75, 3.05) is 25.0 Å². The number of anilines is 1. The summed E-state index contributed by atoms with van der Waals surface area (Å²) in [6.07, 6.45) is 3.22. The van der Waals surface area contributed by atoms with Crippen LogP contribution in [0.25, 0.3) is 0 Å². The maximum absolute atomic E-state index is 11.9. The van der Waals surface area contributed by atoms with Crippen molar-refractivity contribution in [2.45, 2.75) is 45.3 Å². The van der Waals surface area contributed by atoms with Gasteiger partial charge < -0.3 is 20.4 Å². The monoisotopic (exact) mass is 561 g/mol. The summed E-state index contributed by atoms with van der Waals surface area (Å²) in [5.41, 5.74) is 4.41. The molecule has 2 saturated heterocycles. The molecule has 2 heterocycles. The highest BCUT2D eigenvalue weighted by Gasteiger charge is 2.21. The second kappa shape index (κ2) is 12.0. The Kier molecular flexibility index (Phi) is 9.11. The van der Waals surface area contributed by atoms with Gasteiger partial charge in [-0.25, -0.2) is 0 Å². The number of nitrogens with one attached hydrogen (secondary N) is 2. The first-order valence-electron chi connectivity index (χ1n) is 11.3. The fraction of sp³-hybridized carbons (Fsp3) is 0.400. The van der Waals surface area contributed by atoms with Gasteiger partial charge in [-0.3, -0.25) is 14.6 Å². The molecule has 8 heteroatoms. The Balaban J connectivity index is 0.00000306. The fourth-order valence-electron chi connectivity index (χ4n) is 4.16. The maximum Gasteiger partial charge on any atom is 0.227 e. The fourth-order valence-corrected chi connectivity index (χ4v) is 4.16. The predicted molar refractivity (Wildman–Crippen MR) is 142 cm³/mol. The van der Waals surface area contributed by atoms with Crippen LogP contribution in [0, 0.1) is 0 Å². The third-order valence-electron chi connectivity index (χ3n) is 6.03. The molecule has 0 saturated carbocycles. The van der Waals surface area contributed by atoms with E-state index in [2.05, 4.69) is 39.9 Å². The molecule has 2 aliphatic heterocycles. The van der Waals surface area contributed by atoms with E-state index in [4.69, 9.17) is 0 Å². The number of benzene rings is 2. The van der Waals surface area contributed by atoms with Crippen LogP contribution < -0.4 is 15.5 Å². The summed E-state index contributed by atoms with van der Waals surface area (Å²) in [4.78, 5) is 31.8. The Labute approximate surface area is 212 Å². The molecule has 4 rings (SSSR count). The smallest absolute Gasteiger partial charge is 0.227 e. The minimum Gasteiger partial charge on any atom is -0.352 e. The lowest BCUT2D eigenvalue weighted by molar-refractivity contribution is -0.128. The van der Waals surface area contributed by atoms with Gasteiger partial charge in [-0.15, -0.1) is 24.0 Å². The quantitative estimate of drug-likeness (QED) is 0.309. The number of hydrogen-bond acceptors (Lipinski definition) is 3. The Morgan fingerprint density at radius 3 is 1.88 bits per heavy atom. The molecule has 2 aliphatic rings. The molecular formula is C25H32IN5O2. The van der Waals surface area contributed by atoms with E-state index in [-0.39, 0.29) is 35.8 Å². The number of carbonyl (C=O) groups is 2. The highest BCUT2D eigenvalue weighted by atomic mass is 127. The lowest BCUT2D eigenvalue weighted by Crippen LogP contribution is -2.36. The molecule has 7 nitrogen and oxygen atoms in total. The van der Waals surface area contributed by atoms with Gasteiger partial charge in [0.05, 0.1) is 0 Å². The van der Waals surface area contributed by atoms with Crippen LogP contribution in [0.4, 0.5) is 5.69 Å². The highest BCUT2D eigenvalue weighted by molar-refractivity contribution is 14.0. The average Bonchev–Trinajstić information content (AvgIpc) is 3.43. The van der Waals surface area contributed by atoms with Crippen molar-refractivity contribution in [1.82, 2.24) is 15.5 Å². The topological polar surface area (TPSA) is 77.0 Å². The summed E-state index contributed by atoms with van der Waals surface area (Å²) < 4.78 is 0. The molecule has 0 atom stereocenters. The van der Waals surface area contributed by atoms with Crippen LogP contribution in [-0.2, 0) is 29.2 Å². The predicted octanol–water partition coefficient (Wildman–Crippen LogP) is 3.42. The van der Waals surface area contributed by atoms with Crippen molar-refractivity contribution in [3.8, 4) is 0 Å². The van der Waals surface area contributed by atoms with Crippen LogP contribution in [0.3, 0.4) is 0 Å². The van der Waals surface area contributed by atoms with Gasteiger partial charge in [-0.2, -0.15) is 0 Å². The molecule has 33 heavy (non-hydrogen) atoms. The van der Waals surface area contributed by atoms with E-state index in [0.29, 0.717) is 32.5 Å². The van der Waals surface area contributed by atoms with Gasteiger partial charge in [0.1, 0.15) is 0 Å². The van der Waals surface area contributed by atoms with Crippen molar-refractivity contribution in [2.24, 2.45) is 4.99 Å². The first-order valence-corrected chi connectivity index (χ1v) is 11.3. The van der Waals surface area contributed by atoms with E-state index in [0.717, 1.165) is 54.3 Å². The second-order valence-corrected chi connectivity index (χ2v) is 8.33. The zero-order chi connectivity index (χ0) is 22.3. The van der Waals surface area contributed by atoms with Crippen LogP contribution in [0.15, 0.2) is 53.5 Å². The lowest BCUT2D eigenvalue weighted by Gasteiger charge is -2.17. The molecule has 2 amide bonds. The SMILES string of the molecule is CN=C(NCc1ccc(CN2CCCC2=O)cc1)NCc1ccc(N2CCCC2=O)cc1.I. The molecule has 2 aromatic carbocycles. The van der Waals surface area contributed by atoms with Gasteiger partial charge in [0, 0.05) is 58.3 Å². The average molecular weight is 561 g/mol. The summed E-state index contributed by atoms with van der Waals surface area (Å²) in [6.45, 7) is 3.68. The molecule has 2 aromatic rings. The summed E-state index contributed by atoms with van der Waals surface area (Å²) in [5.74, 6) is 1.19. The molecule has 2 N–H and O–H groups in total. The van der Waals surface area contributed by atoms with Crippen LogP contribution in [-0.4, -0.2) is 42.8 Å². The van der Waals surface area contributed by atoms with Crippen molar-refractivity contribution in [3.63, 3.8) is 0 Å². The minimum absolute atomic E-state index is 0. The van der Waals surface area contributed by atoms with Gasteiger partial charge in [0.25, 0.3) is 0 Å². The number of aliphatic imine (C=N–C) groups is 1. The molecule has 0 spiro atoms. The molecule has 176 valence electrons. The van der Waals surface area contributed by atoms with E-state index in [9.17, 15) is 9.59 Å². The number of nitrogens with zero attached hydrogens (tertiary/aromatic N) is 3. The Morgan fingerprint density at radius 1 is 0.818 bits per heavy atom. The normalized spacial score (nSPS) is 16.2. The number of guanidine groups is 1. The van der Waals surface area contributed by atoms with Gasteiger partial charge in [0.15, 0.2) is 5.96 Å². The maximum atomic E-state index is 11.9. The standard InChI is InChI=1S/C25H31N5O2.HI/c1-26-25(28-17-20-10-12-22(13-11-20)30-15-3-5-24(30)32)27-16-19-6-8-21(9-7-19)18-29-14-2-4-23(29)31;/h6-13H,2-5,14-18H2,1H3,(H2,26,27,28);1H. The lowest BCUT2D eigenvalue weighted by atomic mass is 10.1. The third-order valence-corrected chi connectivity index (χ3v) is 6.03. The zero-order valence-electron chi connectivity index (χ0n) is 19.0. The van der Waals surface area contributed by atoms with Crippen LogP contribution >= 0.6 is 24.0 Å². The van der Waals surface area contributed by atoms with Crippen molar-refractivity contribution in [1.29, 1.82) is 0 Å². The molecule has 0 bridgehead atoms. The summed E-state index contributed by atoms with van der Waals surface area (Å²) in [5, 5.41) is 6.67. The molecule has 0 aliphatic carbocycles. The van der Waals surface area contributed by atoms with Gasteiger partial charge >= 0.3 is 0 Å². The highest BCUT2D eigenvalue weighted by Crippen LogP contribution is 2.21.